The molecule has 106 valence electrons. The van der Waals surface area contributed by atoms with Crippen molar-refractivity contribution in [1.82, 2.24) is 5.32 Å². The van der Waals surface area contributed by atoms with Crippen LogP contribution in [0.3, 0.4) is 0 Å². The van der Waals surface area contributed by atoms with Gasteiger partial charge in [-0.3, -0.25) is 0 Å². The molecule has 3 rings (SSSR count). The summed E-state index contributed by atoms with van der Waals surface area (Å²) in [6, 6.07) is 11.9. The van der Waals surface area contributed by atoms with Gasteiger partial charge >= 0.3 is 0 Å². The number of benzene rings is 2. The van der Waals surface area contributed by atoms with E-state index in [4.69, 9.17) is 0 Å². The van der Waals surface area contributed by atoms with Gasteiger partial charge in [0.1, 0.15) is 0 Å². The molecule has 1 unspecified atom stereocenters. The van der Waals surface area contributed by atoms with E-state index < -0.39 is 0 Å². The first-order chi connectivity index (χ1) is 9.49. The molecule has 1 N–H and O–H groups in total. The minimum absolute atomic E-state index is 0.330. The Morgan fingerprint density at radius 1 is 1.05 bits per heavy atom. The Labute approximate surface area is 122 Å². The van der Waals surface area contributed by atoms with Crippen LogP contribution in [0, 0.1) is 5.41 Å². The molecule has 2 aromatic rings. The quantitative estimate of drug-likeness (QED) is 0.854. The molecule has 0 spiro atoms. The van der Waals surface area contributed by atoms with Crippen molar-refractivity contribution in [3.8, 4) is 0 Å². The Balaban J connectivity index is 2.12. The fourth-order valence-electron chi connectivity index (χ4n) is 3.55. The predicted octanol–water partition coefficient (Wildman–Crippen LogP) is 4.64. The number of hydrogen-bond acceptors (Lipinski definition) is 1. The van der Waals surface area contributed by atoms with E-state index in [1.807, 2.05) is 0 Å². The summed E-state index contributed by atoms with van der Waals surface area (Å²) in [5.41, 5.74) is 4.86. The van der Waals surface area contributed by atoms with E-state index in [1.54, 1.807) is 0 Å². The lowest BCUT2D eigenvalue weighted by Gasteiger charge is -2.27. The summed E-state index contributed by atoms with van der Waals surface area (Å²) in [4.78, 5) is 0. The van der Waals surface area contributed by atoms with Crippen molar-refractivity contribution >= 4 is 10.8 Å². The third kappa shape index (κ3) is 2.35. The SMILES string of the molecule is CNC(CC(C)(C)C)c1ccc2c3c(cccc13)CC2. The molecule has 1 heteroatoms. The minimum atomic E-state index is 0.330. The maximum absolute atomic E-state index is 3.53. The molecule has 1 nitrogen and oxygen atoms in total. The van der Waals surface area contributed by atoms with Gasteiger partial charge in [0.25, 0.3) is 0 Å². The number of aryl methyl sites for hydroxylation is 2. The summed E-state index contributed by atoms with van der Waals surface area (Å²) in [5.74, 6) is 0. The standard InChI is InChI=1S/C19H25N/c1-19(2,3)12-17(20-4)15-11-10-14-9-8-13-6-5-7-16(15)18(13)14/h5-7,10-11,17,20H,8-9,12H2,1-4H3. The fraction of sp³-hybridized carbons (Fsp3) is 0.474. The predicted molar refractivity (Wildman–Crippen MR) is 87.2 cm³/mol. The van der Waals surface area contributed by atoms with E-state index >= 15 is 0 Å². The Kier molecular flexibility index (Phi) is 3.33. The zero-order valence-electron chi connectivity index (χ0n) is 13.1. The van der Waals surface area contributed by atoms with Gasteiger partial charge in [0.15, 0.2) is 0 Å². The van der Waals surface area contributed by atoms with Gasteiger partial charge in [-0.05, 0) is 59.2 Å². The molecule has 0 aromatic heterocycles. The Morgan fingerprint density at radius 2 is 1.75 bits per heavy atom. The van der Waals surface area contributed by atoms with Crippen LogP contribution in [0.15, 0.2) is 30.3 Å². The Hall–Kier alpha value is -1.34. The highest BCUT2D eigenvalue weighted by Crippen LogP contribution is 2.37. The molecule has 0 fully saturated rings. The van der Waals surface area contributed by atoms with Gasteiger partial charge in [0.2, 0.25) is 0 Å². The fourth-order valence-corrected chi connectivity index (χ4v) is 3.55. The topological polar surface area (TPSA) is 12.0 Å². The minimum Gasteiger partial charge on any atom is -0.313 e. The zero-order chi connectivity index (χ0) is 14.3. The van der Waals surface area contributed by atoms with Crippen molar-refractivity contribution in [1.29, 1.82) is 0 Å². The molecule has 0 radical (unpaired) electrons. The molecule has 0 saturated carbocycles. The van der Waals surface area contributed by atoms with Gasteiger partial charge in [-0.15, -0.1) is 0 Å². The molecular formula is C19H25N. The molecule has 0 heterocycles. The Morgan fingerprint density at radius 3 is 2.40 bits per heavy atom. The van der Waals surface area contributed by atoms with Crippen LogP contribution in [-0.4, -0.2) is 7.05 Å². The van der Waals surface area contributed by atoms with E-state index in [-0.39, 0.29) is 0 Å². The summed E-state index contributed by atoms with van der Waals surface area (Å²) in [5, 5.41) is 6.51. The van der Waals surface area contributed by atoms with Crippen LogP contribution in [0.25, 0.3) is 10.8 Å². The molecular weight excluding hydrogens is 242 g/mol. The molecule has 2 aromatic carbocycles. The number of nitrogens with one attached hydrogen (secondary N) is 1. The maximum atomic E-state index is 3.53. The second kappa shape index (κ2) is 4.89. The first-order valence-corrected chi connectivity index (χ1v) is 7.70. The van der Waals surface area contributed by atoms with Crippen molar-refractivity contribution < 1.29 is 0 Å². The van der Waals surface area contributed by atoms with Crippen LogP contribution >= 0.6 is 0 Å². The molecule has 1 atom stereocenters. The molecule has 0 amide bonds. The first-order valence-electron chi connectivity index (χ1n) is 7.70. The summed E-state index contributed by atoms with van der Waals surface area (Å²) < 4.78 is 0. The van der Waals surface area contributed by atoms with Gasteiger partial charge in [0, 0.05) is 6.04 Å². The van der Waals surface area contributed by atoms with E-state index in [9.17, 15) is 0 Å². The summed E-state index contributed by atoms with van der Waals surface area (Å²) in [7, 11) is 2.08. The lowest BCUT2D eigenvalue weighted by molar-refractivity contribution is 0.322. The average Bonchev–Trinajstić information content (AvgIpc) is 2.81. The first kappa shape index (κ1) is 13.6. The smallest absolute Gasteiger partial charge is 0.0328 e. The van der Waals surface area contributed by atoms with Crippen LogP contribution < -0.4 is 5.32 Å². The van der Waals surface area contributed by atoms with Crippen LogP contribution in [0.4, 0.5) is 0 Å². The van der Waals surface area contributed by atoms with E-state index in [2.05, 4.69) is 63.5 Å². The third-order valence-electron chi connectivity index (χ3n) is 4.45. The number of rotatable bonds is 3. The van der Waals surface area contributed by atoms with Gasteiger partial charge in [-0.1, -0.05) is 51.1 Å². The van der Waals surface area contributed by atoms with E-state index in [0.717, 1.165) is 6.42 Å². The van der Waals surface area contributed by atoms with Crippen LogP contribution in [0.2, 0.25) is 0 Å². The van der Waals surface area contributed by atoms with Gasteiger partial charge < -0.3 is 5.32 Å². The molecule has 20 heavy (non-hydrogen) atoms. The van der Waals surface area contributed by atoms with Crippen LogP contribution in [0.5, 0.6) is 0 Å². The second-order valence-electron chi connectivity index (χ2n) is 7.26. The van der Waals surface area contributed by atoms with Crippen molar-refractivity contribution in [2.24, 2.45) is 5.41 Å². The largest absolute Gasteiger partial charge is 0.313 e. The number of hydrogen-bond donors (Lipinski definition) is 1. The van der Waals surface area contributed by atoms with E-state index in [0.29, 0.717) is 11.5 Å². The second-order valence-corrected chi connectivity index (χ2v) is 7.26. The molecule has 0 saturated heterocycles. The Bertz CT molecular complexity index is 624. The summed E-state index contributed by atoms with van der Waals surface area (Å²) >= 11 is 0. The molecule has 0 aliphatic heterocycles. The highest BCUT2D eigenvalue weighted by Gasteiger charge is 2.23. The lowest BCUT2D eigenvalue weighted by atomic mass is 9.84. The monoisotopic (exact) mass is 267 g/mol. The van der Waals surface area contributed by atoms with Gasteiger partial charge in [-0.2, -0.15) is 0 Å². The van der Waals surface area contributed by atoms with Gasteiger partial charge in [0.05, 0.1) is 0 Å². The third-order valence-corrected chi connectivity index (χ3v) is 4.45. The molecule has 0 bridgehead atoms. The van der Waals surface area contributed by atoms with Crippen molar-refractivity contribution in [2.45, 2.75) is 46.1 Å². The highest BCUT2D eigenvalue weighted by molar-refractivity contribution is 5.93. The molecule has 1 aliphatic rings. The maximum Gasteiger partial charge on any atom is 0.0328 e. The summed E-state index contributed by atoms with van der Waals surface area (Å²) in [6.45, 7) is 6.95. The zero-order valence-corrected chi connectivity index (χ0v) is 13.1. The van der Waals surface area contributed by atoms with Crippen LogP contribution in [-0.2, 0) is 12.8 Å². The highest BCUT2D eigenvalue weighted by atomic mass is 14.9. The van der Waals surface area contributed by atoms with Crippen LogP contribution in [0.1, 0.15) is 49.9 Å². The van der Waals surface area contributed by atoms with Crippen molar-refractivity contribution in [3.63, 3.8) is 0 Å². The van der Waals surface area contributed by atoms with Crippen molar-refractivity contribution in [3.05, 3.63) is 47.0 Å². The normalized spacial score (nSPS) is 15.8. The molecule has 1 aliphatic carbocycles. The summed E-state index contributed by atoms with van der Waals surface area (Å²) in [6.07, 6.45) is 3.57. The lowest BCUT2D eigenvalue weighted by Crippen LogP contribution is -2.22. The van der Waals surface area contributed by atoms with E-state index in [1.165, 1.54) is 40.3 Å². The van der Waals surface area contributed by atoms with Gasteiger partial charge in [-0.25, -0.2) is 0 Å². The van der Waals surface area contributed by atoms with Crippen molar-refractivity contribution in [2.75, 3.05) is 7.05 Å². The average molecular weight is 267 g/mol.